The predicted octanol–water partition coefficient (Wildman–Crippen LogP) is 3.27. The lowest BCUT2D eigenvalue weighted by Crippen LogP contribution is -2.45. The fourth-order valence-electron chi connectivity index (χ4n) is 4.38. The number of carbonyl (C=O) groups is 2. The average Bonchev–Trinajstić information content (AvgIpc) is 3.23. The molecule has 1 N–H and O–H groups in total. The molecule has 2 aliphatic heterocycles. The zero-order valence-electron chi connectivity index (χ0n) is 15.7. The highest BCUT2D eigenvalue weighted by molar-refractivity contribution is 6.02. The normalized spacial score (nSPS) is 21.7. The van der Waals surface area contributed by atoms with Crippen LogP contribution in [0.3, 0.4) is 0 Å². The third-order valence-electron chi connectivity index (χ3n) is 5.81. The number of likely N-dealkylation sites (tertiary alicyclic amines) is 1. The van der Waals surface area contributed by atoms with Crippen LogP contribution in [0.15, 0.2) is 52.1 Å². The highest BCUT2D eigenvalue weighted by Gasteiger charge is 2.35. The van der Waals surface area contributed by atoms with Gasteiger partial charge < -0.3 is 14.4 Å². The highest BCUT2D eigenvalue weighted by atomic mass is 16.4. The number of benzene rings is 1. The Morgan fingerprint density at radius 3 is 2.82 bits per heavy atom. The molecule has 0 saturated carbocycles. The number of aliphatic carboxylic acids is 1. The van der Waals surface area contributed by atoms with Gasteiger partial charge in [-0.3, -0.25) is 14.6 Å². The molecule has 1 saturated heterocycles. The Bertz CT molecular complexity index is 888. The molecule has 4 rings (SSSR count). The van der Waals surface area contributed by atoms with Gasteiger partial charge in [-0.2, -0.15) is 0 Å². The second-order valence-corrected chi connectivity index (χ2v) is 7.57. The standard InChI is InChI=1S/C22H24N2O4/c25-21(26)13-16-8-10-24(22(27)20-6-3-11-28-20)14-17(16)12-19-18-5-2-1-4-15(18)7-9-23-19/h1-6,11,16-17H,7-10,12-14H2,(H,25,26). The van der Waals surface area contributed by atoms with Gasteiger partial charge in [-0.15, -0.1) is 0 Å². The number of carbonyl (C=O) groups excluding carboxylic acids is 1. The van der Waals surface area contributed by atoms with Crippen LogP contribution in [-0.2, 0) is 11.2 Å². The number of carboxylic acids is 1. The average molecular weight is 380 g/mol. The van der Waals surface area contributed by atoms with Crippen molar-refractivity contribution in [2.45, 2.75) is 25.7 Å². The zero-order chi connectivity index (χ0) is 19.5. The predicted molar refractivity (Wildman–Crippen MR) is 105 cm³/mol. The van der Waals surface area contributed by atoms with Crippen LogP contribution in [0.2, 0.25) is 0 Å². The summed E-state index contributed by atoms with van der Waals surface area (Å²) in [6, 6.07) is 11.7. The van der Waals surface area contributed by atoms with Crippen LogP contribution < -0.4 is 0 Å². The second kappa shape index (κ2) is 8.00. The molecular formula is C22H24N2O4. The van der Waals surface area contributed by atoms with E-state index in [-0.39, 0.29) is 24.2 Å². The molecule has 0 bridgehead atoms. The van der Waals surface area contributed by atoms with E-state index in [1.165, 1.54) is 11.8 Å². The van der Waals surface area contributed by atoms with Gasteiger partial charge in [-0.25, -0.2) is 0 Å². The van der Waals surface area contributed by atoms with Crippen molar-refractivity contribution in [3.8, 4) is 0 Å². The largest absolute Gasteiger partial charge is 0.481 e. The summed E-state index contributed by atoms with van der Waals surface area (Å²) in [6.45, 7) is 1.84. The van der Waals surface area contributed by atoms with Crippen molar-refractivity contribution < 1.29 is 19.1 Å². The van der Waals surface area contributed by atoms with Crippen LogP contribution in [0.5, 0.6) is 0 Å². The summed E-state index contributed by atoms with van der Waals surface area (Å²) in [5, 5.41) is 9.35. The van der Waals surface area contributed by atoms with Gasteiger partial charge in [0.1, 0.15) is 0 Å². The number of aliphatic imine (C=N–C) groups is 1. The molecule has 1 aromatic carbocycles. The van der Waals surface area contributed by atoms with Gasteiger partial charge in [0.15, 0.2) is 5.76 Å². The Kier molecular flexibility index (Phi) is 5.28. The number of furan rings is 1. The van der Waals surface area contributed by atoms with E-state index < -0.39 is 5.97 Å². The molecule has 2 atom stereocenters. The molecular weight excluding hydrogens is 356 g/mol. The number of piperidine rings is 1. The Morgan fingerprint density at radius 2 is 2.04 bits per heavy atom. The molecule has 6 heteroatoms. The van der Waals surface area contributed by atoms with Crippen molar-refractivity contribution >= 4 is 17.6 Å². The first-order chi connectivity index (χ1) is 13.6. The van der Waals surface area contributed by atoms with Crippen molar-refractivity contribution in [3.05, 3.63) is 59.5 Å². The molecule has 146 valence electrons. The summed E-state index contributed by atoms with van der Waals surface area (Å²) in [6.07, 6.45) is 3.93. The summed E-state index contributed by atoms with van der Waals surface area (Å²) in [7, 11) is 0. The summed E-state index contributed by atoms with van der Waals surface area (Å²) in [4.78, 5) is 30.6. The molecule has 0 aliphatic carbocycles. The van der Waals surface area contributed by atoms with Gasteiger partial charge in [-0.1, -0.05) is 24.3 Å². The zero-order valence-corrected chi connectivity index (χ0v) is 15.7. The number of carboxylic acid groups (broad SMARTS) is 1. The number of fused-ring (bicyclic) bond motifs is 1. The molecule has 1 amide bonds. The number of hydrogen-bond donors (Lipinski definition) is 1. The first-order valence-corrected chi connectivity index (χ1v) is 9.78. The SMILES string of the molecule is O=C(O)CC1CCN(C(=O)c2ccco2)CC1CC1=NCCc2ccccc21. The van der Waals surface area contributed by atoms with Gasteiger partial charge >= 0.3 is 5.97 Å². The Labute approximate surface area is 163 Å². The van der Waals surface area contributed by atoms with E-state index in [4.69, 9.17) is 9.41 Å². The fourth-order valence-corrected chi connectivity index (χ4v) is 4.38. The van der Waals surface area contributed by atoms with E-state index in [0.717, 1.165) is 24.2 Å². The lowest BCUT2D eigenvalue weighted by molar-refractivity contribution is -0.138. The maximum Gasteiger partial charge on any atom is 0.303 e. The van der Waals surface area contributed by atoms with Crippen LogP contribution in [0.4, 0.5) is 0 Å². The van der Waals surface area contributed by atoms with Gasteiger partial charge in [0.2, 0.25) is 0 Å². The number of nitrogens with zero attached hydrogens (tertiary/aromatic N) is 2. The van der Waals surface area contributed by atoms with Crippen molar-refractivity contribution in [2.75, 3.05) is 19.6 Å². The lowest BCUT2D eigenvalue weighted by Gasteiger charge is -2.38. The van der Waals surface area contributed by atoms with E-state index >= 15 is 0 Å². The van der Waals surface area contributed by atoms with Crippen LogP contribution >= 0.6 is 0 Å². The van der Waals surface area contributed by atoms with Crippen LogP contribution in [0.1, 0.15) is 40.9 Å². The maximum atomic E-state index is 12.7. The van der Waals surface area contributed by atoms with Crippen molar-refractivity contribution in [3.63, 3.8) is 0 Å². The molecule has 0 spiro atoms. The number of rotatable bonds is 5. The molecule has 28 heavy (non-hydrogen) atoms. The monoisotopic (exact) mass is 380 g/mol. The molecule has 2 aromatic rings. The summed E-state index contributed by atoms with van der Waals surface area (Å²) in [5.41, 5.74) is 3.49. The Morgan fingerprint density at radius 1 is 1.18 bits per heavy atom. The van der Waals surface area contributed by atoms with Gasteiger partial charge in [0.05, 0.1) is 6.26 Å². The minimum atomic E-state index is -0.785. The highest BCUT2D eigenvalue weighted by Crippen LogP contribution is 2.32. The van der Waals surface area contributed by atoms with Gasteiger partial charge in [-0.05, 0) is 54.4 Å². The third kappa shape index (κ3) is 3.86. The molecule has 0 radical (unpaired) electrons. The Balaban J connectivity index is 1.54. The molecule has 1 fully saturated rings. The maximum absolute atomic E-state index is 12.7. The van der Waals surface area contributed by atoms with Crippen LogP contribution in [-0.4, -0.2) is 47.2 Å². The quantitative estimate of drug-likeness (QED) is 0.863. The number of amides is 1. The van der Waals surface area contributed by atoms with Crippen molar-refractivity contribution in [1.82, 2.24) is 4.90 Å². The van der Waals surface area contributed by atoms with Crippen LogP contribution in [0.25, 0.3) is 0 Å². The smallest absolute Gasteiger partial charge is 0.303 e. The first kappa shape index (κ1) is 18.5. The lowest BCUT2D eigenvalue weighted by atomic mass is 9.78. The molecule has 6 nitrogen and oxygen atoms in total. The molecule has 3 heterocycles. The van der Waals surface area contributed by atoms with Gasteiger partial charge in [0.25, 0.3) is 5.91 Å². The molecule has 2 unspecified atom stereocenters. The Hall–Kier alpha value is -2.89. The van der Waals surface area contributed by atoms with E-state index in [9.17, 15) is 14.7 Å². The second-order valence-electron chi connectivity index (χ2n) is 7.57. The summed E-state index contributed by atoms with van der Waals surface area (Å²) in [5.74, 6) is -0.485. The van der Waals surface area contributed by atoms with Crippen molar-refractivity contribution in [2.24, 2.45) is 16.8 Å². The van der Waals surface area contributed by atoms with E-state index in [1.54, 1.807) is 17.0 Å². The summed E-state index contributed by atoms with van der Waals surface area (Å²) >= 11 is 0. The van der Waals surface area contributed by atoms with E-state index in [2.05, 4.69) is 12.1 Å². The minimum absolute atomic E-state index is 0.0370. The van der Waals surface area contributed by atoms with Crippen molar-refractivity contribution in [1.29, 1.82) is 0 Å². The third-order valence-corrected chi connectivity index (χ3v) is 5.81. The van der Waals surface area contributed by atoms with E-state index in [0.29, 0.717) is 31.7 Å². The summed E-state index contributed by atoms with van der Waals surface area (Å²) < 4.78 is 5.26. The van der Waals surface area contributed by atoms with Gasteiger partial charge in [0, 0.05) is 31.8 Å². The fraction of sp³-hybridized carbons (Fsp3) is 0.409. The van der Waals surface area contributed by atoms with Crippen LogP contribution in [0, 0.1) is 11.8 Å². The first-order valence-electron chi connectivity index (χ1n) is 9.78. The number of hydrogen-bond acceptors (Lipinski definition) is 4. The minimum Gasteiger partial charge on any atom is -0.481 e. The van der Waals surface area contributed by atoms with E-state index in [1.807, 2.05) is 12.1 Å². The topological polar surface area (TPSA) is 83.1 Å². The molecule has 2 aliphatic rings. The molecule has 1 aromatic heterocycles.